The summed E-state index contributed by atoms with van der Waals surface area (Å²) in [5, 5.41) is 19.0. The largest absolute Gasteiger partial charge is 0.550 e. The predicted octanol–water partition coefficient (Wildman–Crippen LogP) is 0.251. The quantitative estimate of drug-likeness (QED) is 0.729. The van der Waals surface area contributed by atoms with E-state index in [1.54, 1.807) is 0 Å². The van der Waals surface area contributed by atoms with Crippen molar-refractivity contribution in [3.05, 3.63) is 35.4 Å². The Balaban J connectivity index is 2.46. The van der Waals surface area contributed by atoms with E-state index in [0.29, 0.717) is 12.8 Å². The Kier molecular flexibility index (Phi) is 4.13. The van der Waals surface area contributed by atoms with Crippen LogP contribution in [0.3, 0.4) is 0 Å². The van der Waals surface area contributed by atoms with Crippen LogP contribution in [0.1, 0.15) is 24.0 Å². The van der Waals surface area contributed by atoms with Gasteiger partial charge in [-0.2, -0.15) is 0 Å². The van der Waals surface area contributed by atoms with Crippen LogP contribution in [0.25, 0.3) is 0 Å². The van der Waals surface area contributed by atoms with E-state index in [2.05, 4.69) is 0 Å². The first-order valence-corrected chi connectivity index (χ1v) is 4.61. The Hall–Kier alpha value is -1.35. The van der Waals surface area contributed by atoms with Gasteiger partial charge in [-0.1, -0.05) is 24.3 Å². The van der Waals surface area contributed by atoms with Crippen molar-refractivity contribution < 1.29 is 15.0 Å². The molecule has 1 N–H and O–H groups in total. The molecule has 0 atom stereocenters. The number of carboxylic acids is 1. The fourth-order valence-corrected chi connectivity index (χ4v) is 1.32. The number of rotatable bonds is 5. The Morgan fingerprint density at radius 1 is 1.36 bits per heavy atom. The molecule has 3 heteroatoms. The van der Waals surface area contributed by atoms with Gasteiger partial charge >= 0.3 is 0 Å². The summed E-state index contributed by atoms with van der Waals surface area (Å²) in [7, 11) is 0. The molecule has 0 heterocycles. The van der Waals surface area contributed by atoms with E-state index in [1.165, 1.54) is 0 Å². The fourth-order valence-electron chi connectivity index (χ4n) is 1.32. The highest BCUT2D eigenvalue weighted by atomic mass is 16.4. The zero-order valence-electron chi connectivity index (χ0n) is 7.90. The van der Waals surface area contributed by atoms with Crippen LogP contribution in [0.2, 0.25) is 0 Å². The summed E-state index contributed by atoms with van der Waals surface area (Å²) >= 11 is 0. The summed E-state index contributed by atoms with van der Waals surface area (Å²) in [5.74, 6) is -1.01. The summed E-state index contributed by atoms with van der Waals surface area (Å²) in [4.78, 5) is 10.2. The maximum absolute atomic E-state index is 10.2. The van der Waals surface area contributed by atoms with Gasteiger partial charge in [0.05, 0.1) is 6.61 Å². The molecule has 0 spiro atoms. The number of hydrogen-bond donors (Lipinski definition) is 1. The predicted molar refractivity (Wildman–Crippen MR) is 50.3 cm³/mol. The standard InChI is InChI=1S/C11H14O3/c12-8-10-5-1-3-9(7-10)4-2-6-11(13)14/h1,3,5,7,12H,2,4,6,8H2,(H,13,14)/p-1. The van der Waals surface area contributed by atoms with Crippen LogP contribution in [0.5, 0.6) is 0 Å². The van der Waals surface area contributed by atoms with Crippen LogP contribution in [-0.2, 0) is 17.8 Å². The number of aliphatic hydroxyl groups is 1. The normalized spacial score (nSPS) is 10.1. The van der Waals surface area contributed by atoms with Gasteiger partial charge in [-0.25, -0.2) is 0 Å². The van der Waals surface area contributed by atoms with Gasteiger partial charge in [0.15, 0.2) is 0 Å². The zero-order chi connectivity index (χ0) is 10.4. The number of carbonyl (C=O) groups excluding carboxylic acids is 1. The minimum atomic E-state index is -1.01. The maximum atomic E-state index is 10.2. The molecule has 0 fully saturated rings. The molecule has 1 aromatic carbocycles. The average Bonchev–Trinajstić information content (AvgIpc) is 2.18. The number of carboxylic acid groups (broad SMARTS) is 1. The Morgan fingerprint density at radius 2 is 2.07 bits per heavy atom. The molecule has 0 aliphatic carbocycles. The number of benzene rings is 1. The van der Waals surface area contributed by atoms with Gasteiger partial charge < -0.3 is 15.0 Å². The molecule has 14 heavy (non-hydrogen) atoms. The maximum Gasteiger partial charge on any atom is 0.0681 e. The van der Waals surface area contributed by atoms with E-state index in [9.17, 15) is 9.90 Å². The van der Waals surface area contributed by atoms with Gasteiger partial charge in [-0.15, -0.1) is 0 Å². The van der Waals surface area contributed by atoms with Crippen molar-refractivity contribution >= 4 is 5.97 Å². The van der Waals surface area contributed by atoms with Crippen molar-refractivity contribution in [3.8, 4) is 0 Å². The third-order valence-electron chi connectivity index (χ3n) is 2.02. The third kappa shape index (κ3) is 3.58. The molecule has 0 aliphatic rings. The van der Waals surface area contributed by atoms with Crippen molar-refractivity contribution in [1.29, 1.82) is 0 Å². The molecule has 1 aromatic rings. The van der Waals surface area contributed by atoms with Gasteiger partial charge in [0.2, 0.25) is 0 Å². The molecule has 0 radical (unpaired) electrons. The SMILES string of the molecule is O=C([O-])CCCc1cccc(CO)c1. The highest BCUT2D eigenvalue weighted by Crippen LogP contribution is 2.08. The summed E-state index contributed by atoms with van der Waals surface area (Å²) in [6.45, 7) is 0.0221. The number of hydrogen-bond acceptors (Lipinski definition) is 3. The van der Waals surface area contributed by atoms with E-state index < -0.39 is 5.97 Å². The van der Waals surface area contributed by atoms with E-state index in [0.717, 1.165) is 11.1 Å². The molecular weight excluding hydrogens is 180 g/mol. The molecule has 1 rings (SSSR count). The molecule has 0 unspecified atom stereocenters. The summed E-state index contributed by atoms with van der Waals surface area (Å²) < 4.78 is 0. The molecule has 0 bridgehead atoms. The molecule has 0 saturated carbocycles. The lowest BCUT2D eigenvalue weighted by Gasteiger charge is -2.04. The summed E-state index contributed by atoms with van der Waals surface area (Å²) in [6.07, 6.45) is 1.38. The first-order chi connectivity index (χ1) is 6.72. The lowest BCUT2D eigenvalue weighted by molar-refractivity contribution is -0.305. The lowest BCUT2D eigenvalue weighted by atomic mass is 10.1. The number of carbonyl (C=O) groups is 1. The van der Waals surface area contributed by atoms with E-state index in [-0.39, 0.29) is 13.0 Å². The van der Waals surface area contributed by atoms with Crippen molar-refractivity contribution in [2.24, 2.45) is 0 Å². The molecule has 0 aromatic heterocycles. The minimum Gasteiger partial charge on any atom is -0.550 e. The van der Waals surface area contributed by atoms with Crippen LogP contribution in [0.4, 0.5) is 0 Å². The molecule has 0 amide bonds. The Morgan fingerprint density at radius 3 is 2.71 bits per heavy atom. The van der Waals surface area contributed by atoms with Crippen LogP contribution in [0.15, 0.2) is 24.3 Å². The molecular formula is C11H13O3-. The first-order valence-electron chi connectivity index (χ1n) is 4.61. The lowest BCUT2D eigenvalue weighted by Crippen LogP contribution is -2.21. The smallest absolute Gasteiger partial charge is 0.0681 e. The highest BCUT2D eigenvalue weighted by molar-refractivity contribution is 5.64. The van der Waals surface area contributed by atoms with E-state index in [4.69, 9.17) is 5.11 Å². The molecule has 3 nitrogen and oxygen atoms in total. The van der Waals surface area contributed by atoms with Crippen LogP contribution in [-0.4, -0.2) is 11.1 Å². The number of aliphatic hydroxyl groups excluding tert-OH is 1. The van der Waals surface area contributed by atoms with Crippen molar-refractivity contribution in [3.63, 3.8) is 0 Å². The Labute approximate surface area is 83.0 Å². The topological polar surface area (TPSA) is 60.4 Å². The van der Waals surface area contributed by atoms with Crippen molar-refractivity contribution in [2.45, 2.75) is 25.9 Å². The minimum absolute atomic E-state index is 0.0221. The van der Waals surface area contributed by atoms with Crippen molar-refractivity contribution in [2.75, 3.05) is 0 Å². The fraction of sp³-hybridized carbons (Fsp3) is 0.364. The van der Waals surface area contributed by atoms with Crippen LogP contribution >= 0.6 is 0 Å². The van der Waals surface area contributed by atoms with Gasteiger partial charge in [0.1, 0.15) is 0 Å². The monoisotopic (exact) mass is 193 g/mol. The second kappa shape index (κ2) is 5.40. The van der Waals surface area contributed by atoms with Crippen LogP contribution in [0, 0.1) is 0 Å². The van der Waals surface area contributed by atoms with E-state index >= 15 is 0 Å². The second-order valence-corrected chi connectivity index (χ2v) is 3.20. The molecule has 0 saturated heterocycles. The summed E-state index contributed by atoms with van der Waals surface area (Å²) in [5.41, 5.74) is 1.91. The van der Waals surface area contributed by atoms with Gasteiger partial charge in [-0.05, 0) is 30.4 Å². The van der Waals surface area contributed by atoms with E-state index in [1.807, 2.05) is 24.3 Å². The number of aryl methyl sites for hydroxylation is 1. The highest BCUT2D eigenvalue weighted by Gasteiger charge is 1.95. The zero-order valence-corrected chi connectivity index (χ0v) is 7.90. The molecule has 0 aliphatic heterocycles. The Bertz CT molecular complexity index is 307. The van der Waals surface area contributed by atoms with Gasteiger partial charge in [0.25, 0.3) is 0 Å². The average molecular weight is 193 g/mol. The van der Waals surface area contributed by atoms with Gasteiger partial charge in [0, 0.05) is 5.97 Å². The first kappa shape index (κ1) is 10.7. The molecule has 76 valence electrons. The number of aliphatic carboxylic acids is 1. The van der Waals surface area contributed by atoms with Crippen LogP contribution < -0.4 is 5.11 Å². The third-order valence-corrected chi connectivity index (χ3v) is 2.02. The van der Waals surface area contributed by atoms with Gasteiger partial charge in [-0.3, -0.25) is 0 Å². The van der Waals surface area contributed by atoms with Crippen molar-refractivity contribution in [1.82, 2.24) is 0 Å². The summed E-state index contributed by atoms with van der Waals surface area (Å²) in [6, 6.07) is 7.51. The second-order valence-electron chi connectivity index (χ2n) is 3.20.